The van der Waals surface area contributed by atoms with E-state index in [1.165, 1.54) is 5.56 Å². The molecule has 0 spiro atoms. The molecule has 1 amide bonds. The largest absolute Gasteiger partial charge is 0.470 e. The first-order valence-corrected chi connectivity index (χ1v) is 5.51. The van der Waals surface area contributed by atoms with Crippen molar-refractivity contribution in [2.24, 2.45) is 0 Å². The number of β-lactam (4-membered cyclic amide) rings is 1. The zero-order valence-electron chi connectivity index (χ0n) is 7.50. The molecule has 4 heteroatoms. The molecule has 1 aliphatic rings. The van der Waals surface area contributed by atoms with Crippen molar-refractivity contribution in [1.29, 1.82) is 0 Å². The Balaban J connectivity index is 1.93. The molecule has 1 atom stereocenters. The highest BCUT2D eigenvalue weighted by atomic mass is 79.9. The number of benzene rings is 1. The van der Waals surface area contributed by atoms with Crippen LogP contribution in [0.2, 0.25) is 0 Å². The van der Waals surface area contributed by atoms with Crippen LogP contribution in [0.25, 0.3) is 0 Å². The van der Waals surface area contributed by atoms with Crippen LogP contribution in [0.4, 0.5) is 0 Å². The second-order valence-electron chi connectivity index (χ2n) is 3.16. The summed E-state index contributed by atoms with van der Waals surface area (Å²) in [6.07, 6.45) is 0.317. The van der Waals surface area contributed by atoms with E-state index >= 15 is 0 Å². The Kier molecular flexibility index (Phi) is 2.72. The summed E-state index contributed by atoms with van der Waals surface area (Å²) in [4.78, 5) is 10.6. The molecule has 0 radical (unpaired) electrons. The topological polar surface area (TPSA) is 38.3 Å². The summed E-state index contributed by atoms with van der Waals surface area (Å²) in [7, 11) is 0. The van der Waals surface area contributed by atoms with Gasteiger partial charge in [0, 0.05) is 5.33 Å². The van der Waals surface area contributed by atoms with Gasteiger partial charge in [-0.1, -0.05) is 28.1 Å². The summed E-state index contributed by atoms with van der Waals surface area (Å²) in [6, 6.07) is 7.79. The lowest BCUT2D eigenvalue weighted by atomic mass is 10.2. The minimum absolute atomic E-state index is 0.0482. The van der Waals surface area contributed by atoms with Crippen molar-refractivity contribution >= 4 is 21.8 Å². The van der Waals surface area contributed by atoms with Crippen LogP contribution in [-0.4, -0.2) is 12.1 Å². The Bertz CT molecular complexity index is 328. The molecule has 1 saturated heterocycles. The van der Waals surface area contributed by atoms with Gasteiger partial charge in [0.05, 0.1) is 6.42 Å². The average molecular weight is 256 g/mol. The lowest BCUT2D eigenvalue weighted by molar-refractivity contribution is -0.134. The Morgan fingerprint density at radius 2 is 2.07 bits per heavy atom. The quantitative estimate of drug-likeness (QED) is 0.661. The number of ether oxygens (including phenoxy) is 1. The van der Waals surface area contributed by atoms with Crippen LogP contribution in [-0.2, 0) is 10.1 Å². The number of carbonyl (C=O) groups excluding carboxylic acids is 1. The van der Waals surface area contributed by atoms with Crippen LogP contribution in [0.15, 0.2) is 24.3 Å². The summed E-state index contributed by atoms with van der Waals surface area (Å²) in [5, 5.41) is 3.49. The number of halogens is 1. The van der Waals surface area contributed by atoms with Gasteiger partial charge in [-0.2, -0.15) is 0 Å². The van der Waals surface area contributed by atoms with E-state index in [0.29, 0.717) is 6.42 Å². The number of rotatable bonds is 3. The van der Waals surface area contributed by atoms with Crippen molar-refractivity contribution in [3.8, 4) is 5.75 Å². The van der Waals surface area contributed by atoms with E-state index in [9.17, 15) is 4.79 Å². The number of hydrogen-bond donors (Lipinski definition) is 1. The van der Waals surface area contributed by atoms with Crippen molar-refractivity contribution < 1.29 is 9.53 Å². The molecule has 1 aromatic rings. The molecule has 0 bridgehead atoms. The highest BCUT2D eigenvalue weighted by molar-refractivity contribution is 9.08. The smallest absolute Gasteiger partial charge is 0.228 e. The van der Waals surface area contributed by atoms with Crippen molar-refractivity contribution in [1.82, 2.24) is 5.32 Å². The second-order valence-corrected chi connectivity index (χ2v) is 3.72. The fourth-order valence-corrected chi connectivity index (χ4v) is 1.59. The highest BCUT2D eigenvalue weighted by Gasteiger charge is 2.26. The number of nitrogens with one attached hydrogen (secondary N) is 1. The number of amides is 1. The van der Waals surface area contributed by atoms with E-state index in [1.54, 1.807) is 0 Å². The maximum absolute atomic E-state index is 10.6. The van der Waals surface area contributed by atoms with Gasteiger partial charge < -0.3 is 10.1 Å². The predicted octanol–water partition coefficient (Wildman–Crippen LogP) is 1.81. The van der Waals surface area contributed by atoms with Crippen molar-refractivity contribution in [3.05, 3.63) is 29.8 Å². The molecule has 0 aromatic heterocycles. The van der Waals surface area contributed by atoms with Crippen LogP contribution in [0.5, 0.6) is 5.75 Å². The first-order valence-electron chi connectivity index (χ1n) is 4.39. The third-order valence-electron chi connectivity index (χ3n) is 2.05. The van der Waals surface area contributed by atoms with E-state index in [4.69, 9.17) is 4.74 Å². The molecule has 1 aromatic carbocycles. The molecule has 74 valence electrons. The van der Waals surface area contributed by atoms with Gasteiger partial charge in [-0.25, -0.2) is 0 Å². The summed E-state index contributed by atoms with van der Waals surface area (Å²) in [5.41, 5.74) is 1.20. The minimum atomic E-state index is -0.141. The fraction of sp³-hybridized carbons (Fsp3) is 0.300. The van der Waals surface area contributed by atoms with Gasteiger partial charge in [0.2, 0.25) is 5.91 Å². The minimum Gasteiger partial charge on any atom is -0.470 e. The van der Waals surface area contributed by atoms with Gasteiger partial charge in [-0.05, 0) is 17.7 Å². The third-order valence-corrected chi connectivity index (χ3v) is 2.70. The second kappa shape index (κ2) is 4.00. The van der Waals surface area contributed by atoms with Gasteiger partial charge in [0.15, 0.2) is 6.23 Å². The van der Waals surface area contributed by atoms with Gasteiger partial charge in [0.25, 0.3) is 0 Å². The van der Waals surface area contributed by atoms with E-state index in [1.807, 2.05) is 24.3 Å². The number of alkyl halides is 1. The lowest BCUT2D eigenvalue weighted by Crippen LogP contribution is -2.51. The highest BCUT2D eigenvalue weighted by Crippen LogP contribution is 2.17. The summed E-state index contributed by atoms with van der Waals surface area (Å²) in [6.45, 7) is 0. The molecule has 3 nitrogen and oxygen atoms in total. The van der Waals surface area contributed by atoms with Gasteiger partial charge in [-0.15, -0.1) is 0 Å². The molecular weight excluding hydrogens is 246 g/mol. The lowest BCUT2D eigenvalue weighted by Gasteiger charge is -2.27. The fourth-order valence-electron chi connectivity index (χ4n) is 1.22. The van der Waals surface area contributed by atoms with Crippen molar-refractivity contribution in [2.45, 2.75) is 18.0 Å². The zero-order chi connectivity index (χ0) is 9.97. The maximum Gasteiger partial charge on any atom is 0.228 e. The van der Waals surface area contributed by atoms with Crippen LogP contribution in [0.3, 0.4) is 0 Å². The summed E-state index contributed by atoms with van der Waals surface area (Å²) < 4.78 is 5.47. The third kappa shape index (κ3) is 2.07. The Morgan fingerprint density at radius 1 is 1.43 bits per heavy atom. The van der Waals surface area contributed by atoms with Crippen LogP contribution in [0, 0.1) is 0 Å². The van der Waals surface area contributed by atoms with Crippen LogP contribution < -0.4 is 10.1 Å². The van der Waals surface area contributed by atoms with E-state index < -0.39 is 0 Å². The standard InChI is InChI=1S/C10H10BrNO2/c11-6-7-1-3-8(4-2-7)14-10-5-9(13)12-10/h1-4,10H,5-6H2,(H,12,13). The van der Waals surface area contributed by atoms with Gasteiger partial charge in [-0.3, -0.25) is 4.79 Å². The zero-order valence-corrected chi connectivity index (χ0v) is 9.08. The first kappa shape index (κ1) is 9.52. The molecule has 1 heterocycles. The molecule has 1 fully saturated rings. The molecular formula is C10H10BrNO2. The monoisotopic (exact) mass is 255 g/mol. The van der Waals surface area contributed by atoms with Crippen molar-refractivity contribution in [2.75, 3.05) is 0 Å². The Hall–Kier alpha value is -1.03. The van der Waals surface area contributed by atoms with Gasteiger partial charge >= 0.3 is 0 Å². The number of hydrogen-bond acceptors (Lipinski definition) is 2. The number of carbonyl (C=O) groups is 1. The van der Waals surface area contributed by atoms with Crippen LogP contribution >= 0.6 is 15.9 Å². The summed E-state index contributed by atoms with van der Waals surface area (Å²) >= 11 is 3.37. The molecule has 1 N–H and O–H groups in total. The first-order chi connectivity index (χ1) is 6.78. The van der Waals surface area contributed by atoms with Crippen LogP contribution in [0.1, 0.15) is 12.0 Å². The normalized spacial score (nSPS) is 19.8. The van der Waals surface area contributed by atoms with Crippen molar-refractivity contribution in [3.63, 3.8) is 0 Å². The van der Waals surface area contributed by atoms with E-state index in [2.05, 4.69) is 21.2 Å². The van der Waals surface area contributed by atoms with E-state index in [-0.39, 0.29) is 12.1 Å². The molecule has 2 rings (SSSR count). The Labute approximate surface area is 90.6 Å². The molecule has 1 aliphatic heterocycles. The summed E-state index contributed by atoms with van der Waals surface area (Å²) in [5.74, 6) is 0.840. The van der Waals surface area contributed by atoms with Gasteiger partial charge in [0.1, 0.15) is 5.75 Å². The Morgan fingerprint density at radius 3 is 2.57 bits per heavy atom. The maximum atomic E-state index is 10.6. The predicted molar refractivity (Wildman–Crippen MR) is 56.2 cm³/mol. The molecule has 1 unspecified atom stereocenters. The molecule has 14 heavy (non-hydrogen) atoms. The van der Waals surface area contributed by atoms with E-state index in [0.717, 1.165) is 11.1 Å². The molecule has 0 aliphatic carbocycles. The molecule has 0 saturated carbocycles. The average Bonchev–Trinajstić information content (AvgIpc) is 2.17. The SMILES string of the molecule is O=C1CC(Oc2ccc(CBr)cc2)N1.